The second kappa shape index (κ2) is 46.4. The zero-order valence-corrected chi connectivity index (χ0v) is 39.3. The Balaban J connectivity index is 4.15. The molecule has 9 nitrogen and oxygen atoms in total. The lowest BCUT2D eigenvalue weighted by Crippen LogP contribution is -2.29. The summed E-state index contributed by atoms with van der Waals surface area (Å²) in [7, 11) is -4.39. The van der Waals surface area contributed by atoms with Gasteiger partial charge < -0.3 is 20.1 Å². The first-order chi connectivity index (χ1) is 29.8. The number of carbonyl (C=O) groups excluding carboxylic acids is 2. The van der Waals surface area contributed by atoms with Crippen molar-refractivity contribution in [3.8, 4) is 0 Å². The maximum Gasteiger partial charge on any atom is 0.472 e. The molecule has 10 heteroatoms. The number of carbonyl (C=O) groups is 2. The number of hydrogen-bond acceptors (Lipinski definition) is 8. The van der Waals surface area contributed by atoms with Gasteiger partial charge in [-0.05, 0) is 89.9 Å². The summed E-state index contributed by atoms with van der Waals surface area (Å²) in [5, 5.41) is 0. The number of phosphoric ester groups is 1. The first-order valence-corrected chi connectivity index (χ1v) is 25.2. The molecule has 0 saturated carbocycles. The number of hydrogen-bond donors (Lipinski definition) is 2. The molecular formula is C51H86NO8P. The normalized spacial score (nSPS) is 14.1. The maximum absolute atomic E-state index is 12.6. The van der Waals surface area contributed by atoms with Crippen LogP contribution in [-0.2, 0) is 32.7 Å². The summed E-state index contributed by atoms with van der Waals surface area (Å²) in [4.78, 5) is 35.0. The van der Waals surface area contributed by atoms with Crippen LogP contribution in [0.2, 0.25) is 0 Å². The minimum atomic E-state index is -4.39. The Bertz CT molecular complexity index is 1320. The zero-order valence-electron chi connectivity index (χ0n) is 38.4. The van der Waals surface area contributed by atoms with Crippen LogP contribution in [0.25, 0.3) is 0 Å². The second-order valence-electron chi connectivity index (χ2n) is 15.2. The number of nitrogens with two attached hydrogens (primary N) is 1. The van der Waals surface area contributed by atoms with Crippen LogP contribution in [-0.4, -0.2) is 49.3 Å². The van der Waals surface area contributed by atoms with Crippen LogP contribution in [0, 0.1) is 0 Å². The van der Waals surface area contributed by atoms with Crippen LogP contribution in [0.5, 0.6) is 0 Å². The summed E-state index contributed by atoms with van der Waals surface area (Å²) in [6.45, 7) is 3.47. The van der Waals surface area contributed by atoms with Crippen LogP contribution >= 0.6 is 7.82 Å². The molecule has 0 radical (unpaired) electrons. The Kier molecular flexibility index (Phi) is 44.1. The molecule has 0 amide bonds. The van der Waals surface area contributed by atoms with Gasteiger partial charge in [0.25, 0.3) is 0 Å². The third kappa shape index (κ3) is 46.3. The predicted molar refractivity (Wildman–Crippen MR) is 256 cm³/mol. The zero-order chi connectivity index (χ0) is 44.6. The second-order valence-corrected chi connectivity index (χ2v) is 16.7. The van der Waals surface area contributed by atoms with Crippen LogP contribution < -0.4 is 5.73 Å². The molecule has 61 heavy (non-hydrogen) atoms. The van der Waals surface area contributed by atoms with Crippen molar-refractivity contribution < 1.29 is 37.6 Å². The SMILES string of the molecule is CC/C=C\C/C=C\C/C=C\C/C=C\C/C=C\CCCCCCCCCC(=O)OC(COC(=O)CCCCCCCCC/C=C\C/C=C\C/C=C\CC)COP(=O)(O)OCCN. The van der Waals surface area contributed by atoms with Crippen molar-refractivity contribution in [3.63, 3.8) is 0 Å². The molecule has 0 aliphatic rings. The standard InChI is InChI=1S/C51H86NO8P/c1-3-5-7-9-11-13-15-17-19-21-22-23-24-25-26-28-30-32-34-36-38-40-42-44-51(54)60-49(48-59-61(55,56)58-46-45-52)47-57-50(53)43-41-39-37-35-33-31-29-27-20-18-16-14-12-10-8-6-4-2/h5-8,11-14,17-20,22-23,25-26,49H,3-4,9-10,15-16,21,24,27-48,52H2,1-2H3,(H,55,56)/b7-5-,8-6-,13-11-,14-12-,19-17-,20-18-,23-22-,26-25-. The van der Waals surface area contributed by atoms with E-state index in [-0.39, 0.29) is 32.6 Å². The van der Waals surface area contributed by atoms with E-state index < -0.39 is 32.5 Å². The lowest BCUT2D eigenvalue weighted by molar-refractivity contribution is -0.161. The summed E-state index contributed by atoms with van der Waals surface area (Å²) >= 11 is 0. The van der Waals surface area contributed by atoms with Gasteiger partial charge in [0.2, 0.25) is 0 Å². The van der Waals surface area contributed by atoms with Gasteiger partial charge in [0, 0.05) is 19.4 Å². The van der Waals surface area contributed by atoms with E-state index in [2.05, 4.69) is 111 Å². The first-order valence-electron chi connectivity index (χ1n) is 23.7. The van der Waals surface area contributed by atoms with Crippen LogP contribution in [0.1, 0.15) is 181 Å². The molecule has 0 fully saturated rings. The molecule has 0 aromatic carbocycles. The fourth-order valence-electron chi connectivity index (χ4n) is 6.03. The lowest BCUT2D eigenvalue weighted by atomic mass is 10.1. The summed E-state index contributed by atoms with van der Waals surface area (Å²) in [5.41, 5.74) is 5.36. The van der Waals surface area contributed by atoms with E-state index in [0.717, 1.165) is 103 Å². The molecule has 0 aromatic heterocycles. The highest BCUT2D eigenvalue weighted by molar-refractivity contribution is 7.47. The molecular weight excluding hydrogens is 786 g/mol. The number of esters is 2. The summed E-state index contributed by atoms with van der Waals surface area (Å²) in [5.74, 6) is -0.860. The Hall–Kier alpha value is -3.07. The first kappa shape index (κ1) is 57.9. The van der Waals surface area contributed by atoms with E-state index in [1.54, 1.807) is 0 Å². The fourth-order valence-corrected chi connectivity index (χ4v) is 6.79. The van der Waals surface area contributed by atoms with Gasteiger partial charge in [-0.15, -0.1) is 0 Å². The minimum absolute atomic E-state index is 0.0444. The van der Waals surface area contributed by atoms with Gasteiger partial charge in [-0.2, -0.15) is 0 Å². The largest absolute Gasteiger partial charge is 0.472 e. The van der Waals surface area contributed by atoms with Crippen molar-refractivity contribution >= 4 is 19.8 Å². The average molecular weight is 872 g/mol. The lowest BCUT2D eigenvalue weighted by Gasteiger charge is -2.19. The highest BCUT2D eigenvalue weighted by Gasteiger charge is 2.26. The average Bonchev–Trinajstić information content (AvgIpc) is 3.25. The molecule has 348 valence electrons. The molecule has 3 N–H and O–H groups in total. The molecule has 0 rings (SSSR count). The third-order valence-corrected chi connectivity index (χ3v) is 10.4. The van der Waals surface area contributed by atoms with E-state index in [1.807, 2.05) is 0 Å². The van der Waals surface area contributed by atoms with Gasteiger partial charge in [-0.1, -0.05) is 175 Å². The van der Waals surface area contributed by atoms with Gasteiger partial charge >= 0.3 is 19.8 Å². The van der Waals surface area contributed by atoms with E-state index >= 15 is 0 Å². The van der Waals surface area contributed by atoms with Crippen molar-refractivity contribution in [2.45, 2.75) is 187 Å². The molecule has 0 heterocycles. The van der Waals surface area contributed by atoms with Gasteiger partial charge in [-0.3, -0.25) is 18.6 Å². The molecule has 2 unspecified atom stereocenters. The van der Waals surface area contributed by atoms with Crippen molar-refractivity contribution in [2.75, 3.05) is 26.4 Å². The number of phosphoric acid groups is 1. The van der Waals surface area contributed by atoms with Crippen molar-refractivity contribution in [1.82, 2.24) is 0 Å². The molecule has 0 saturated heterocycles. The number of unbranched alkanes of at least 4 members (excludes halogenated alkanes) is 14. The molecule has 0 spiro atoms. The molecule has 0 aliphatic carbocycles. The Morgan fingerprint density at radius 1 is 0.492 bits per heavy atom. The van der Waals surface area contributed by atoms with Crippen LogP contribution in [0.3, 0.4) is 0 Å². The number of ether oxygens (including phenoxy) is 2. The molecule has 0 bridgehead atoms. The topological polar surface area (TPSA) is 134 Å². The van der Waals surface area contributed by atoms with Gasteiger partial charge in [0.1, 0.15) is 6.61 Å². The van der Waals surface area contributed by atoms with Crippen molar-refractivity contribution in [1.29, 1.82) is 0 Å². The number of rotatable bonds is 43. The third-order valence-electron chi connectivity index (χ3n) is 9.47. The van der Waals surface area contributed by atoms with Crippen molar-refractivity contribution in [3.05, 3.63) is 97.2 Å². The fraction of sp³-hybridized carbons (Fsp3) is 0.647. The highest BCUT2D eigenvalue weighted by atomic mass is 31.2. The Labute approximate surface area is 372 Å². The highest BCUT2D eigenvalue weighted by Crippen LogP contribution is 2.43. The van der Waals surface area contributed by atoms with Gasteiger partial charge in [0.15, 0.2) is 6.10 Å². The maximum atomic E-state index is 12.6. The summed E-state index contributed by atoms with van der Waals surface area (Å²) in [6.07, 6.45) is 60.0. The summed E-state index contributed by atoms with van der Waals surface area (Å²) in [6, 6.07) is 0. The van der Waals surface area contributed by atoms with E-state index in [0.29, 0.717) is 12.8 Å². The number of allylic oxidation sites excluding steroid dienone is 16. The molecule has 2 atom stereocenters. The van der Waals surface area contributed by atoms with Crippen molar-refractivity contribution in [2.24, 2.45) is 5.73 Å². The van der Waals surface area contributed by atoms with E-state index in [1.165, 1.54) is 38.5 Å². The smallest absolute Gasteiger partial charge is 0.462 e. The Morgan fingerprint density at radius 2 is 0.852 bits per heavy atom. The van der Waals surface area contributed by atoms with Gasteiger partial charge in [-0.25, -0.2) is 4.57 Å². The minimum Gasteiger partial charge on any atom is -0.462 e. The van der Waals surface area contributed by atoms with E-state index in [9.17, 15) is 19.0 Å². The predicted octanol–water partition coefficient (Wildman–Crippen LogP) is 14.2. The monoisotopic (exact) mass is 872 g/mol. The van der Waals surface area contributed by atoms with Gasteiger partial charge in [0.05, 0.1) is 13.2 Å². The molecule has 0 aromatic rings. The van der Waals surface area contributed by atoms with Crippen LogP contribution in [0.15, 0.2) is 97.2 Å². The van der Waals surface area contributed by atoms with E-state index in [4.69, 9.17) is 24.3 Å². The quantitative estimate of drug-likeness (QED) is 0.0266. The summed E-state index contributed by atoms with van der Waals surface area (Å²) < 4.78 is 32.9. The molecule has 0 aliphatic heterocycles. The van der Waals surface area contributed by atoms with Crippen LogP contribution in [0.4, 0.5) is 0 Å². The Morgan fingerprint density at radius 3 is 1.26 bits per heavy atom.